The molecule has 0 aromatic carbocycles. The Balaban J connectivity index is 1.57. The van der Waals surface area contributed by atoms with Crippen molar-refractivity contribution < 1.29 is 29.0 Å². The molecule has 3 fully saturated rings. The molecule has 5 atom stereocenters. The number of rotatable bonds is 3. The highest BCUT2D eigenvalue weighted by Crippen LogP contribution is 2.53. The van der Waals surface area contributed by atoms with E-state index in [0.717, 1.165) is 25.7 Å². The Hall–Kier alpha value is -2.19. The van der Waals surface area contributed by atoms with Gasteiger partial charge in [0.1, 0.15) is 17.6 Å². The molecule has 1 aliphatic carbocycles. The van der Waals surface area contributed by atoms with Crippen molar-refractivity contribution in [2.45, 2.75) is 62.3 Å². The number of aliphatic hydroxyl groups excluding tert-OH is 1. The van der Waals surface area contributed by atoms with Crippen LogP contribution in [0.1, 0.15) is 38.5 Å². The third-order valence-corrected chi connectivity index (χ3v) is 7.51. The lowest BCUT2D eigenvalue weighted by molar-refractivity contribution is -0.155. The average Bonchev–Trinajstić information content (AvgIpc) is 3.13. The van der Waals surface area contributed by atoms with Crippen molar-refractivity contribution >= 4 is 17.8 Å². The van der Waals surface area contributed by atoms with Crippen LogP contribution in [0, 0.1) is 11.8 Å². The van der Waals surface area contributed by atoms with E-state index in [1.54, 1.807) is 0 Å². The maximum absolute atomic E-state index is 13.9. The van der Waals surface area contributed by atoms with E-state index in [1.165, 1.54) is 11.3 Å². The van der Waals surface area contributed by atoms with Crippen LogP contribution in [-0.4, -0.2) is 82.8 Å². The molecule has 2 amide bonds. The second-order valence-electron chi connectivity index (χ2n) is 9.17. The molecule has 0 radical (unpaired) electrons. The summed E-state index contributed by atoms with van der Waals surface area (Å²) in [5, 5.41) is 9.65. The molecule has 8 nitrogen and oxygen atoms in total. The van der Waals surface area contributed by atoms with Crippen LogP contribution < -0.4 is 0 Å². The fourth-order valence-electron chi connectivity index (χ4n) is 6.19. The molecule has 5 rings (SSSR count). The van der Waals surface area contributed by atoms with Crippen LogP contribution in [0.25, 0.3) is 0 Å². The molecule has 0 aromatic rings. The summed E-state index contributed by atoms with van der Waals surface area (Å²) in [4.78, 5) is 43.7. The number of aliphatic hydroxyl groups is 1. The fraction of sp³-hybridized carbons (Fsp3) is 0.696. The summed E-state index contributed by atoms with van der Waals surface area (Å²) in [5.41, 5.74) is -1.23. The van der Waals surface area contributed by atoms with Crippen molar-refractivity contribution in [3.63, 3.8) is 0 Å². The van der Waals surface area contributed by atoms with Crippen LogP contribution in [0.3, 0.4) is 0 Å². The largest absolute Gasteiger partial charge is 0.465 e. The highest BCUT2D eigenvalue weighted by atomic mass is 16.6. The number of amides is 2. The van der Waals surface area contributed by atoms with Crippen molar-refractivity contribution in [1.29, 1.82) is 0 Å². The molecule has 31 heavy (non-hydrogen) atoms. The molecule has 1 unspecified atom stereocenters. The topological polar surface area (TPSA) is 96.4 Å². The molecule has 168 valence electrons. The SMILES string of the molecule is O=C1OCCC=C[C@H]2O[C@]34C=CCN(C5CCCCC5)C(=O)C3N(CCO)C(=O)[C@@H]4[C@@H]12. The molecule has 0 bridgehead atoms. The summed E-state index contributed by atoms with van der Waals surface area (Å²) >= 11 is 0. The number of β-amino-alcohol motifs (C(OH)–C–C–N with tert-alkyl or cyclic N) is 1. The predicted octanol–water partition coefficient (Wildman–Crippen LogP) is 0.794. The second kappa shape index (κ2) is 8.06. The van der Waals surface area contributed by atoms with E-state index in [2.05, 4.69) is 0 Å². The van der Waals surface area contributed by atoms with Crippen molar-refractivity contribution in [2.75, 3.05) is 26.3 Å². The van der Waals surface area contributed by atoms with Crippen LogP contribution >= 0.6 is 0 Å². The molecule has 1 N–H and O–H groups in total. The summed E-state index contributed by atoms with van der Waals surface area (Å²) in [6.45, 7) is 0.504. The van der Waals surface area contributed by atoms with Crippen LogP contribution in [0.5, 0.6) is 0 Å². The third kappa shape index (κ3) is 3.14. The van der Waals surface area contributed by atoms with Gasteiger partial charge >= 0.3 is 5.97 Å². The van der Waals surface area contributed by atoms with Gasteiger partial charge < -0.3 is 24.4 Å². The number of hydrogen-bond donors (Lipinski definition) is 1. The lowest BCUT2D eigenvalue weighted by atomic mass is 9.77. The molecule has 1 saturated carbocycles. The monoisotopic (exact) mass is 430 g/mol. The number of carbonyl (C=O) groups excluding carboxylic acids is 3. The van der Waals surface area contributed by atoms with Gasteiger partial charge in [0.15, 0.2) is 0 Å². The Labute approximate surface area is 181 Å². The van der Waals surface area contributed by atoms with E-state index >= 15 is 0 Å². The molecule has 4 heterocycles. The Morgan fingerprint density at radius 1 is 1.10 bits per heavy atom. The van der Waals surface area contributed by atoms with Crippen LogP contribution in [0.15, 0.2) is 24.3 Å². The predicted molar refractivity (Wildman–Crippen MR) is 110 cm³/mol. The first kappa shape index (κ1) is 20.7. The minimum Gasteiger partial charge on any atom is -0.465 e. The summed E-state index contributed by atoms with van der Waals surface area (Å²) in [6.07, 6.45) is 12.8. The van der Waals surface area contributed by atoms with E-state index in [-0.39, 0.29) is 37.6 Å². The van der Waals surface area contributed by atoms with Crippen molar-refractivity contribution in [2.24, 2.45) is 11.8 Å². The van der Waals surface area contributed by atoms with Gasteiger partial charge in [0.2, 0.25) is 11.8 Å². The molecule has 1 spiro atoms. The van der Waals surface area contributed by atoms with Gasteiger partial charge in [-0.2, -0.15) is 0 Å². The molecule has 2 saturated heterocycles. The number of ether oxygens (including phenoxy) is 2. The average molecular weight is 431 g/mol. The van der Waals surface area contributed by atoms with E-state index in [0.29, 0.717) is 13.0 Å². The third-order valence-electron chi connectivity index (χ3n) is 7.51. The molecular weight excluding hydrogens is 400 g/mol. The maximum Gasteiger partial charge on any atom is 0.312 e. The summed E-state index contributed by atoms with van der Waals surface area (Å²) in [6, 6.07) is -0.738. The number of carbonyl (C=O) groups is 3. The first-order valence-corrected chi connectivity index (χ1v) is 11.5. The highest BCUT2D eigenvalue weighted by Gasteiger charge is 2.71. The van der Waals surface area contributed by atoms with Crippen molar-refractivity contribution in [3.05, 3.63) is 24.3 Å². The zero-order valence-electron chi connectivity index (χ0n) is 17.7. The summed E-state index contributed by atoms with van der Waals surface area (Å²) in [5.74, 6) is -2.55. The van der Waals surface area contributed by atoms with Gasteiger partial charge in [0.25, 0.3) is 0 Å². The Morgan fingerprint density at radius 3 is 2.68 bits per heavy atom. The number of nitrogens with zero attached hydrogens (tertiary/aromatic N) is 2. The van der Waals surface area contributed by atoms with Gasteiger partial charge in [-0.25, -0.2) is 0 Å². The van der Waals surface area contributed by atoms with Gasteiger partial charge in [-0.3, -0.25) is 14.4 Å². The number of hydrogen-bond acceptors (Lipinski definition) is 6. The number of fused-ring (bicyclic) bond motifs is 2. The highest BCUT2D eigenvalue weighted by molar-refractivity contribution is 5.99. The van der Waals surface area contributed by atoms with Crippen LogP contribution in [0.4, 0.5) is 0 Å². The number of esters is 1. The van der Waals surface area contributed by atoms with Gasteiger partial charge in [0.05, 0.1) is 25.2 Å². The van der Waals surface area contributed by atoms with Crippen LogP contribution in [-0.2, 0) is 23.9 Å². The molecular formula is C23H30N2O6. The zero-order valence-corrected chi connectivity index (χ0v) is 17.7. The van der Waals surface area contributed by atoms with E-state index in [9.17, 15) is 19.5 Å². The smallest absolute Gasteiger partial charge is 0.312 e. The van der Waals surface area contributed by atoms with Gasteiger partial charge in [-0.1, -0.05) is 43.6 Å². The second-order valence-corrected chi connectivity index (χ2v) is 9.17. The fourth-order valence-corrected chi connectivity index (χ4v) is 6.19. The van der Waals surface area contributed by atoms with Gasteiger partial charge in [-0.05, 0) is 19.3 Å². The first-order valence-electron chi connectivity index (χ1n) is 11.5. The minimum absolute atomic E-state index is 0.0332. The Kier molecular flexibility index (Phi) is 5.38. The molecule has 5 aliphatic rings. The standard InChI is InChI=1S/C23H30N2O6/c26-13-12-25-19-21(28)24(15-7-2-1-3-8-15)11-6-10-23(19)18(20(25)27)17-16(31-23)9-4-5-14-30-22(17)29/h4,6,9-10,15-19,26H,1-3,5,7-8,11-14H2/t16-,17+,18+,19?,23+/m1/s1. The van der Waals surface area contributed by atoms with Gasteiger partial charge in [0, 0.05) is 19.1 Å². The molecule has 0 aromatic heterocycles. The Bertz CT molecular complexity index is 819. The lowest BCUT2D eigenvalue weighted by Gasteiger charge is -2.39. The quantitative estimate of drug-likeness (QED) is 0.526. The first-order chi connectivity index (χ1) is 15.1. The molecule has 8 heteroatoms. The summed E-state index contributed by atoms with van der Waals surface area (Å²) < 4.78 is 11.8. The maximum atomic E-state index is 13.9. The van der Waals surface area contributed by atoms with Crippen molar-refractivity contribution in [1.82, 2.24) is 9.80 Å². The van der Waals surface area contributed by atoms with Crippen LogP contribution in [0.2, 0.25) is 0 Å². The summed E-state index contributed by atoms with van der Waals surface area (Å²) in [7, 11) is 0. The van der Waals surface area contributed by atoms with E-state index in [4.69, 9.17) is 9.47 Å². The zero-order chi connectivity index (χ0) is 21.6. The molecule has 4 aliphatic heterocycles. The number of cyclic esters (lactones) is 1. The lowest BCUT2D eigenvalue weighted by Crippen LogP contribution is -2.57. The minimum atomic E-state index is -1.23. The normalized spacial score (nSPS) is 38.3. The van der Waals surface area contributed by atoms with E-state index < -0.39 is 35.6 Å². The van der Waals surface area contributed by atoms with Gasteiger partial charge in [-0.15, -0.1) is 0 Å². The number of likely N-dealkylation sites (tertiary alicyclic amines) is 1. The van der Waals surface area contributed by atoms with E-state index in [1.807, 2.05) is 29.2 Å². The van der Waals surface area contributed by atoms with Crippen molar-refractivity contribution in [3.8, 4) is 0 Å². The Morgan fingerprint density at radius 2 is 1.90 bits per heavy atom.